The van der Waals surface area contributed by atoms with Crippen molar-refractivity contribution in [3.63, 3.8) is 0 Å². The number of nitrogens with zero attached hydrogens (tertiary/aromatic N) is 1. The monoisotopic (exact) mass is 222 g/mol. The van der Waals surface area contributed by atoms with E-state index in [1.807, 2.05) is 30.3 Å². The smallest absolute Gasteiger partial charge is 0.322 e. The van der Waals surface area contributed by atoms with E-state index in [1.165, 1.54) is 4.90 Å². The van der Waals surface area contributed by atoms with Crippen molar-refractivity contribution in [2.24, 2.45) is 0 Å². The van der Waals surface area contributed by atoms with Crippen molar-refractivity contribution in [2.45, 2.75) is 19.4 Å². The van der Waals surface area contributed by atoms with Crippen LogP contribution in [0.25, 0.3) is 0 Å². The molecule has 0 fully saturated rings. The Labute approximate surface area is 95.9 Å². The molecule has 2 N–H and O–H groups in total. The molecule has 1 aromatic rings. The first-order valence-electron chi connectivity index (χ1n) is 5.18. The molecule has 0 aliphatic rings. The van der Waals surface area contributed by atoms with Crippen molar-refractivity contribution in [3.05, 3.63) is 30.3 Å². The molecular formula is C12H18N2O2. The molecule has 1 rings (SSSR count). The number of benzene rings is 1. The zero-order valence-corrected chi connectivity index (χ0v) is 9.90. The molecule has 0 bridgehead atoms. The zero-order valence-electron chi connectivity index (χ0n) is 9.90. The Morgan fingerprint density at radius 3 is 2.44 bits per heavy atom. The molecule has 0 unspecified atom stereocenters. The zero-order chi connectivity index (χ0) is 12.2. The molecular weight excluding hydrogens is 204 g/mol. The standard InChI is InChI=1S/C12H18N2O2/c1-12(2,9-15)14(3)11(16)13-10-7-5-4-6-8-10/h4-8,15H,9H2,1-3H3,(H,13,16). The maximum atomic E-state index is 11.8. The van der Waals surface area contributed by atoms with E-state index in [-0.39, 0.29) is 12.6 Å². The summed E-state index contributed by atoms with van der Waals surface area (Å²) in [6, 6.07) is 9.00. The summed E-state index contributed by atoms with van der Waals surface area (Å²) in [5.74, 6) is 0. The van der Waals surface area contributed by atoms with Gasteiger partial charge in [0.2, 0.25) is 0 Å². The van der Waals surface area contributed by atoms with Crippen LogP contribution < -0.4 is 5.32 Å². The average Bonchev–Trinajstić information content (AvgIpc) is 2.29. The predicted molar refractivity (Wildman–Crippen MR) is 64.4 cm³/mol. The highest BCUT2D eigenvalue weighted by atomic mass is 16.3. The third kappa shape index (κ3) is 2.97. The van der Waals surface area contributed by atoms with E-state index in [0.29, 0.717) is 0 Å². The second kappa shape index (κ2) is 4.99. The first-order chi connectivity index (χ1) is 7.47. The number of hydrogen-bond donors (Lipinski definition) is 2. The molecule has 0 atom stereocenters. The third-order valence-corrected chi connectivity index (χ3v) is 2.62. The Kier molecular flexibility index (Phi) is 3.90. The highest BCUT2D eigenvalue weighted by molar-refractivity contribution is 5.89. The van der Waals surface area contributed by atoms with E-state index in [1.54, 1.807) is 20.9 Å². The molecule has 0 radical (unpaired) electrons. The fourth-order valence-corrected chi connectivity index (χ4v) is 1.11. The third-order valence-electron chi connectivity index (χ3n) is 2.62. The maximum absolute atomic E-state index is 11.8. The Balaban J connectivity index is 2.66. The van der Waals surface area contributed by atoms with Crippen molar-refractivity contribution in [1.29, 1.82) is 0 Å². The van der Waals surface area contributed by atoms with Crippen LogP contribution in [0.1, 0.15) is 13.8 Å². The molecule has 2 amide bonds. The molecule has 0 heterocycles. The van der Waals surface area contributed by atoms with Gasteiger partial charge in [-0.3, -0.25) is 0 Å². The van der Waals surface area contributed by atoms with Gasteiger partial charge >= 0.3 is 6.03 Å². The van der Waals surface area contributed by atoms with E-state index in [0.717, 1.165) is 5.69 Å². The van der Waals surface area contributed by atoms with Crippen LogP contribution >= 0.6 is 0 Å². The van der Waals surface area contributed by atoms with Gasteiger partial charge in [-0.25, -0.2) is 4.79 Å². The molecule has 0 saturated carbocycles. The number of urea groups is 1. The van der Waals surface area contributed by atoms with Crippen LogP contribution in [0.15, 0.2) is 30.3 Å². The molecule has 16 heavy (non-hydrogen) atoms. The van der Waals surface area contributed by atoms with Crippen LogP contribution in [0.3, 0.4) is 0 Å². The van der Waals surface area contributed by atoms with Crippen molar-refractivity contribution in [2.75, 3.05) is 19.0 Å². The van der Waals surface area contributed by atoms with Gasteiger partial charge in [-0.1, -0.05) is 18.2 Å². The van der Waals surface area contributed by atoms with Crippen molar-refractivity contribution < 1.29 is 9.90 Å². The second-order valence-corrected chi connectivity index (χ2v) is 4.33. The van der Waals surface area contributed by atoms with Crippen LogP contribution in [0.2, 0.25) is 0 Å². The van der Waals surface area contributed by atoms with Crippen LogP contribution in [0.4, 0.5) is 10.5 Å². The Hall–Kier alpha value is -1.55. The summed E-state index contributed by atoms with van der Waals surface area (Å²) in [6.07, 6.45) is 0. The lowest BCUT2D eigenvalue weighted by Crippen LogP contribution is -2.49. The van der Waals surface area contributed by atoms with Gasteiger partial charge in [-0.2, -0.15) is 0 Å². The van der Waals surface area contributed by atoms with Crippen molar-refractivity contribution in [3.8, 4) is 0 Å². The Morgan fingerprint density at radius 2 is 1.94 bits per heavy atom. The molecule has 4 heteroatoms. The van der Waals surface area contributed by atoms with Gasteiger partial charge in [-0.15, -0.1) is 0 Å². The van der Waals surface area contributed by atoms with Crippen LogP contribution in [0.5, 0.6) is 0 Å². The normalized spacial score (nSPS) is 11.0. The van der Waals surface area contributed by atoms with Gasteiger partial charge in [0.25, 0.3) is 0 Å². The van der Waals surface area contributed by atoms with E-state index in [9.17, 15) is 4.79 Å². The molecule has 0 aliphatic heterocycles. The van der Waals surface area contributed by atoms with Gasteiger partial charge in [-0.05, 0) is 26.0 Å². The SMILES string of the molecule is CN(C(=O)Nc1ccccc1)C(C)(C)CO. The minimum Gasteiger partial charge on any atom is -0.394 e. The minimum absolute atomic E-state index is 0.0777. The number of likely N-dealkylation sites (N-methyl/N-ethyl adjacent to an activating group) is 1. The van der Waals surface area contributed by atoms with E-state index in [4.69, 9.17) is 5.11 Å². The highest BCUT2D eigenvalue weighted by Crippen LogP contribution is 2.13. The molecule has 1 aromatic carbocycles. The number of anilines is 1. The van der Waals surface area contributed by atoms with Crippen molar-refractivity contribution in [1.82, 2.24) is 4.90 Å². The lowest BCUT2D eigenvalue weighted by Gasteiger charge is -2.33. The lowest BCUT2D eigenvalue weighted by atomic mass is 10.1. The van der Waals surface area contributed by atoms with Crippen LogP contribution in [-0.2, 0) is 0 Å². The fraction of sp³-hybridized carbons (Fsp3) is 0.417. The summed E-state index contributed by atoms with van der Waals surface area (Å²) in [7, 11) is 1.66. The number of rotatable bonds is 3. The second-order valence-electron chi connectivity index (χ2n) is 4.33. The average molecular weight is 222 g/mol. The Morgan fingerprint density at radius 1 is 1.38 bits per heavy atom. The van der Waals surface area contributed by atoms with Gasteiger partial charge in [0, 0.05) is 12.7 Å². The summed E-state index contributed by atoms with van der Waals surface area (Å²) in [4.78, 5) is 13.3. The van der Waals surface area contributed by atoms with Gasteiger partial charge < -0.3 is 15.3 Å². The summed E-state index contributed by atoms with van der Waals surface area (Å²) >= 11 is 0. The van der Waals surface area contributed by atoms with E-state index < -0.39 is 5.54 Å². The number of amides is 2. The predicted octanol–water partition coefficient (Wildman–Crippen LogP) is 1.92. The first kappa shape index (κ1) is 12.5. The van der Waals surface area contributed by atoms with Crippen LogP contribution in [0, 0.1) is 0 Å². The molecule has 88 valence electrons. The lowest BCUT2D eigenvalue weighted by molar-refractivity contribution is 0.104. The van der Waals surface area contributed by atoms with E-state index >= 15 is 0 Å². The van der Waals surface area contributed by atoms with Gasteiger partial charge in [0.05, 0.1) is 12.1 Å². The van der Waals surface area contributed by atoms with Gasteiger partial charge in [0.1, 0.15) is 0 Å². The Bertz CT molecular complexity index is 349. The van der Waals surface area contributed by atoms with Crippen LogP contribution in [-0.4, -0.2) is 35.2 Å². The maximum Gasteiger partial charge on any atom is 0.322 e. The number of carbonyl (C=O) groups is 1. The molecule has 0 aromatic heterocycles. The summed E-state index contributed by atoms with van der Waals surface area (Å²) < 4.78 is 0. The topological polar surface area (TPSA) is 52.6 Å². The number of carbonyl (C=O) groups excluding carboxylic acids is 1. The molecule has 4 nitrogen and oxygen atoms in total. The molecule has 0 saturated heterocycles. The van der Waals surface area contributed by atoms with Crippen molar-refractivity contribution >= 4 is 11.7 Å². The number of aliphatic hydroxyl groups excluding tert-OH is 1. The van der Waals surface area contributed by atoms with E-state index in [2.05, 4.69) is 5.32 Å². The quantitative estimate of drug-likeness (QED) is 0.821. The number of para-hydroxylation sites is 1. The first-order valence-corrected chi connectivity index (χ1v) is 5.18. The number of hydrogen-bond acceptors (Lipinski definition) is 2. The minimum atomic E-state index is -0.571. The van der Waals surface area contributed by atoms with Gasteiger partial charge in [0.15, 0.2) is 0 Å². The largest absolute Gasteiger partial charge is 0.394 e. The molecule has 0 spiro atoms. The summed E-state index contributed by atoms with van der Waals surface area (Å²) in [6.45, 7) is 3.53. The summed E-state index contributed by atoms with van der Waals surface area (Å²) in [5, 5.41) is 11.9. The highest BCUT2D eigenvalue weighted by Gasteiger charge is 2.26. The molecule has 0 aliphatic carbocycles. The fourth-order valence-electron chi connectivity index (χ4n) is 1.11. The number of nitrogens with one attached hydrogen (secondary N) is 1. The number of aliphatic hydroxyl groups is 1. The summed E-state index contributed by atoms with van der Waals surface area (Å²) in [5.41, 5.74) is 0.173.